The fourth-order valence-electron chi connectivity index (χ4n) is 2.90. The first-order chi connectivity index (χ1) is 13.6. The van der Waals surface area contributed by atoms with Crippen LogP contribution in [0.25, 0.3) is 0 Å². The van der Waals surface area contributed by atoms with E-state index in [0.29, 0.717) is 30.5 Å². The van der Waals surface area contributed by atoms with E-state index < -0.39 is 18.6 Å². The predicted molar refractivity (Wildman–Crippen MR) is 121 cm³/mol. The maximum Gasteiger partial charge on any atom is 0.406 e. The van der Waals surface area contributed by atoms with Crippen LogP contribution in [0.3, 0.4) is 0 Å². The number of hydrogen-bond acceptors (Lipinski definition) is 4. The highest BCUT2D eigenvalue weighted by Crippen LogP contribution is 2.15. The average Bonchev–Trinajstić information content (AvgIpc) is 2.64. The van der Waals surface area contributed by atoms with Crippen molar-refractivity contribution in [3.63, 3.8) is 0 Å². The van der Waals surface area contributed by atoms with E-state index in [2.05, 4.69) is 25.8 Å². The van der Waals surface area contributed by atoms with Crippen molar-refractivity contribution in [3.05, 3.63) is 0 Å². The maximum atomic E-state index is 12.4. The first-order valence-corrected chi connectivity index (χ1v) is 9.99. The summed E-state index contributed by atoms with van der Waals surface area (Å²) in [6, 6.07) is 0.116. The quantitative estimate of drug-likeness (QED) is 0.228. The van der Waals surface area contributed by atoms with Crippen LogP contribution >= 0.6 is 24.0 Å². The van der Waals surface area contributed by atoms with E-state index in [4.69, 9.17) is 0 Å². The number of hydrogen-bond donors (Lipinski definition) is 3. The van der Waals surface area contributed by atoms with Gasteiger partial charge in [-0.3, -0.25) is 14.5 Å². The summed E-state index contributed by atoms with van der Waals surface area (Å²) < 4.78 is 37.2. The highest BCUT2D eigenvalue weighted by Gasteiger charge is 2.31. The van der Waals surface area contributed by atoms with Crippen LogP contribution in [0.5, 0.6) is 0 Å². The van der Waals surface area contributed by atoms with Crippen LogP contribution in [-0.4, -0.2) is 92.7 Å². The number of piperidine rings is 1. The van der Waals surface area contributed by atoms with Crippen molar-refractivity contribution >= 4 is 41.8 Å². The van der Waals surface area contributed by atoms with Crippen LogP contribution in [0.4, 0.5) is 13.2 Å². The van der Waals surface area contributed by atoms with Crippen molar-refractivity contribution in [2.24, 2.45) is 4.99 Å². The lowest BCUT2D eigenvalue weighted by Gasteiger charge is -2.32. The van der Waals surface area contributed by atoms with E-state index in [1.807, 2.05) is 13.8 Å². The number of halogens is 4. The van der Waals surface area contributed by atoms with Crippen molar-refractivity contribution in [2.45, 2.75) is 45.3 Å². The zero-order valence-electron chi connectivity index (χ0n) is 17.8. The summed E-state index contributed by atoms with van der Waals surface area (Å²) in [5.74, 6) is -0.275. The number of nitrogens with one attached hydrogen (secondary N) is 3. The van der Waals surface area contributed by atoms with Crippen molar-refractivity contribution in [2.75, 3.05) is 52.9 Å². The van der Waals surface area contributed by atoms with Gasteiger partial charge in [-0.1, -0.05) is 6.92 Å². The number of guanidine groups is 1. The van der Waals surface area contributed by atoms with Gasteiger partial charge in [0, 0.05) is 39.3 Å². The molecule has 12 heteroatoms. The highest BCUT2D eigenvalue weighted by molar-refractivity contribution is 14.0. The molecule has 30 heavy (non-hydrogen) atoms. The molecule has 176 valence electrons. The van der Waals surface area contributed by atoms with Gasteiger partial charge in [-0.05, 0) is 26.2 Å². The lowest BCUT2D eigenvalue weighted by molar-refractivity contribution is -0.157. The molecule has 0 aromatic rings. The summed E-state index contributed by atoms with van der Waals surface area (Å²) in [5.41, 5.74) is 0. The fraction of sp³-hybridized carbons (Fsp3) is 0.833. The van der Waals surface area contributed by atoms with Gasteiger partial charge in [0.25, 0.3) is 0 Å². The van der Waals surface area contributed by atoms with Gasteiger partial charge < -0.3 is 20.9 Å². The summed E-state index contributed by atoms with van der Waals surface area (Å²) in [6.45, 7) is 5.34. The molecule has 1 aliphatic rings. The molecule has 3 N–H and O–H groups in total. The van der Waals surface area contributed by atoms with Gasteiger partial charge in [-0.2, -0.15) is 13.2 Å². The number of nitrogens with zero attached hydrogens (tertiary/aromatic N) is 3. The van der Waals surface area contributed by atoms with Crippen molar-refractivity contribution < 1.29 is 22.8 Å². The Morgan fingerprint density at radius 1 is 1.17 bits per heavy atom. The SMILES string of the molecule is CCCNC(=O)CN1CCC(NC(=NCC(=O)N(C)CC(F)(F)F)NCC)CC1.I. The van der Waals surface area contributed by atoms with E-state index >= 15 is 0 Å². The summed E-state index contributed by atoms with van der Waals surface area (Å²) in [5, 5.41) is 9.09. The highest BCUT2D eigenvalue weighted by atomic mass is 127. The minimum absolute atomic E-state index is 0. The minimum atomic E-state index is -4.43. The Kier molecular flexibility index (Phi) is 14.0. The molecule has 0 aromatic carbocycles. The number of carbonyl (C=O) groups is 2. The predicted octanol–water partition coefficient (Wildman–Crippen LogP) is 1.17. The van der Waals surface area contributed by atoms with Gasteiger partial charge >= 0.3 is 6.18 Å². The number of likely N-dealkylation sites (tertiary alicyclic amines) is 1. The smallest absolute Gasteiger partial charge is 0.357 e. The molecule has 0 unspecified atom stereocenters. The van der Waals surface area contributed by atoms with Crippen molar-refractivity contribution in [3.8, 4) is 0 Å². The molecule has 0 aromatic heterocycles. The van der Waals surface area contributed by atoms with Crippen molar-refractivity contribution in [1.29, 1.82) is 0 Å². The number of likely N-dealkylation sites (N-methyl/N-ethyl adjacent to an activating group) is 1. The number of rotatable bonds is 9. The molecule has 0 saturated carbocycles. The van der Waals surface area contributed by atoms with Gasteiger partial charge in [0.1, 0.15) is 13.1 Å². The molecule has 0 bridgehead atoms. The second kappa shape index (κ2) is 14.7. The Labute approximate surface area is 193 Å². The number of alkyl halides is 3. The number of carbonyl (C=O) groups excluding carboxylic acids is 2. The summed E-state index contributed by atoms with van der Waals surface area (Å²) in [7, 11) is 1.11. The third-order valence-electron chi connectivity index (χ3n) is 4.43. The average molecular weight is 550 g/mol. The monoisotopic (exact) mass is 550 g/mol. The van der Waals surface area contributed by atoms with Gasteiger partial charge in [-0.15, -0.1) is 24.0 Å². The van der Waals surface area contributed by atoms with E-state index in [-0.39, 0.29) is 42.5 Å². The summed E-state index contributed by atoms with van der Waals surface area (Å²) in [6.07, 6.45) is -1.93. The maximum absolute atomic E-state index is 12.4. The van der Waals surface area contributed by atoms with Gasteiger partial charge in [0.15, 0.2) is 5.96 Å². The zero-order chi connectivity index (χ0) is 21.9. The van der Waals surface area contributed by atoms with Crippen LogP contribution in [0, 0.1) is 0 Å². The van der Waals surface area contributed by atoms with Gasteiger partial charge in [0.2, 0.25) is 11.8 Å². The standard InChI is InChI=1S/C18H33F3N6O2.HI/c1-4-8-23-15(28)12-27-9-6-14(7-10-27)25-17(22-5-2)24-11-16(29)26(3)13-18(19,20)21;/h14H,4-13H2,1-3H3,(H,23,28)(H2,22,24,25);1H. The fourth-order valence-corrected chi connectivity index (χ4v) is 2.90. The number of amides is 2. The first-order valence-electron chi connectivity index (χ1n) is 9.99. The molecule has 0 radical (unpaired) electrons. The lowest BCUT2D eigenvalue weighted by Crippen LogP contribution is -2.50. The minimum Gasteiger partial charge on any atom is -0.357 e. The Morgan fingerprint density at radius 2 is 1.80 bits per heavy atom. The van der Waals surface area contributed by atoms with Crippen LogP contribution in [0.15, 0.2) is 4.99 Å². The summed E-state index contributed by atoms with van der Waals surface area (Å²) in [4.78, 5) is 30.5. The van der Waals surface area contributed by atoms with E-state index in [1.54, 1.807) is 0 Å². The van der Waals surface area contributed by atoms with E-state index in [0.717, 1.165) is 39.4 Å². The first kappa shape index (κ1) is 28.7. The number of aliphatic imine (C=N–C) groups is 1. The lowest BCUT2D eigenvalue weighted by atomic mass is 10.1. The van der Waals surface area contributed by atoms with E-state index in [1.165, 1.54) is 0 Å². The molecule has 1 fully saturated rings. The summed E-state index contributed by atoms with van der Waals surface area (Å²) >= 11 is 0. The molecule has 8 nitrogen and oxygen atoms in total. The second-order valence-corrected chi connectivity index (χ2v) is 7.10. The molecule has 2 amide bonds. The normalized spacial score (nSPS) is 15.9. The molecule has 1 heterocycles. The largest absolute Gasteiger partial charge is 0.406 e. The third kappa shape index (κ3) is 12.4. The Hall–Kier alpha value is -1.31. The van der Waals surface area contributed by atoms with Gasteiger partial charge in [0.05, 0.1) is 6.54 Å². The molecular formula is C18H34F3IN6O2. The van der Waals surface area contributed by atoms with Crippen LogP contribution < -0.4 is 16.0 Å². The molecule has 0 atom stereocenters. The zero-order valence-corrected chi connectivity index (χ0v) is 20.2. The van der Waals surface area contributed by atoms with Crippen LogP contribution in [0.2, 0.25) is 0 Å². The Morgan fingerprint density at radius 3 is 2.33 bits per heavy atom. The molecule has 0 spiro atoms. The molecule has 1 aliphatic heterocycles. The topological polar surface area (TPSA) is 89.1 Å². The third-order valence-corrected chi connectivity index (χ3v) is 4.43. The van der Waals surface area contributed by atoms with E-state index in [9.17, 15) is 22.8 Å². The Bertz CT molecular complexity index is 555. The molecule has 1 saturated heterocycles. The molecule has 1 rings (SSSR count). The second-order valence-electron chi connectivity index (χ2n) is 7.10. The van der Waals surface area contributed by atoms with Crippen molar-refractivity contribution in [1.82, 2.24) is 25.8 Å². The van der Waals surface area contributed by atoms with Gasteiger partial charge in [-0.25, -0.2) is 4.99 Å². The molecular weight excluding hydrogens is 516 g/mol. The van der Waals surface area contributed by atoms with Crippen LogP contribution in [0.1, 0.15) is 33.1 Å². The Balaban J connectivity index is 0.00000841. The van der Waals surface area contributed by atoms with Crippen LogP contribution in [-0.2, 0) is 9.59 Å². The molecule has 0 aliphatic carbocycles.